The molecule has 21 heavy (non-hydrogen) atoms. The van der Waals surface area contributed by atoms with E-state index in [1.807, 2.05) is 12.1 Å². The molecule has 0 aliphatic heterocycles. The molecule has 0 saturated carbocycles. The van der Waals surface area contributed by atoms with E-state index in [4.69, 9.17) is 17.2 Å². The number of pyridine rings is 1. The lowest BCUT2D eigenvalue weighted by molar-refractivity contribution is 0.248. The standard InChI is InChI=1S/C11H13N7OS.ClH/c12-9(13)18-11-17-8(5-20-11)7-3-1-2-6(16-7)4-15-10(14)19;/h1-3,5H,4H2,(H3,14,15,19)(H4,12,13,17,18);1H. The third kappa shape index (κ3) is 4.89. The number of aliphatic imine (C=N–C) groups is 1. The van der Waals surface area contributed by atoms with E-state index in [9.17, 15) is 4.79 Å². The van der Waals surface area contributed by atoms with E-state index < -0.39 is 6.03 Å². The van der Waals surface area contributed by atoms with Crippen molar-refractivity contribution in [1.82, 2.24) is 15.3 Å². The maximum absolute atomic E-state index is 10.7. The monoisotopic (exact) mass is 327 g/mol. The van der Waals surface area contributed by atoms with Crippen LogP contribution in [-0.4, -0.2) is 22.0 Å². The highest BCUT2D eigenvalue weighted by Crippen LogP contribution is 2.25. The van der Waals surface area contributed by atoms with Crippen molar-refractivity contribution in [2.75, 3.05) is 0 Å². The number of thiazole rings is 1. The lowest BCUT2D eigenvalue weighted by Crippen LogP contribution is -2.28. The van der Waals surface area contributed by atoms with Crippen molar-refractivity contribution in [1.29, 1.82) is 0 Å². The van der Waals surface area contributed by atoms with Gasteiger partial charge in [0.05, 0.1) is 17.9 Å². The third-order valence-electron chi connectivity index (χ3n) is 2.23. The first kappa shape index (κ1) is 16.7. The van der Waals surface area contributed by atoms with Crippen LogP contribution in [0.2, 0.25) is 0 Å². The number of hydrogen-bond donors (Lipinski definition) is 4. The second-order valence-electron chi connectivity index (χ2n) is 3.78. The summed E-state index contributed by atoms with van der Waals surface area (Å²) in [7, 11) is 0. The van der Waals surface area contributed by atoms with Crippen LogP contribution in [0.1, 0.15) is 5.69 Å². The van der Waals surface area contributed by atoms with E-state index in [0.29, 0.717) is 22.2 Å². The highest BCUT2D eigenvalue weighted by molar-refractivity contribution is 7.13. The van der Waals surface area contributed by atoms with Crippen molar-refractivity contribution in [3.05, 3.63) is 29.3 Å². The molecule has 10 heteroatoms. The number of aromatic nitrogens is 2. The molecule has 8 nitrogen and oxygen atoms in total. The van der Waals surface area contributed by atoms with Gasteiger partial charge in [0, 0.05) is 5.38 Å². The Kier molecular flexibility index (Phi) is 5.88. The number of nitrogens with zero attached hydrogens (tertiary/aromatic N) is 3. The molecule has 2 aromatic rings. The van der Waals surface area contributed by atoms with Crippen molar-refractivity contribution in [3.63, 3.8) is 0 Å². The quantitative estimate of drug-likeness (QED) is 0.482. The number of rotatable bonds is 4. The summed E-state index contributed by atoms with van der Waals surface area (Å²) in [5, 5.41) is 4.74. The smallest absolute Gasteiger partial charge is 0.312 e. The molecular formula is C11H14ClN7OS. The first-order valence-electron chi connectivity index (χ1n) is 5.59. The number of halogens is 1. The Balaban J connectivity index is 0.00000220. The van der Waals surface area contributed by atoms with E-state index in [0.717, 1.165) is 0 Å². The summed E-state index contributed by atoms with van der Waals surface area (Å²) in [5.74, 6) is -0.0433. The van der Waals surface area contributed by atoms with E-state index in [2.05, 4.69) is 20.3 Å². The summed E-state index contributed by atoms with van der Waals surface area (Å²) in [4.78, 5) is 23.2. The van der Waals surface area contributed by atoms with Crippen LogP contribution < -0.4 is 22.5 Å². The van der Waals surface area contributed by atoms with Gasteiger partial charge in [0.15, 0.2) is 5.96 Å². The van der Waals surface area contributed by atoms with Gasteiger partial charge in [0.25, 0.3) is 0 Å². The van der Waals surface area contributed by atoms with Gasteiger partial charge >= 0.3 is 6.03 Å². The fraction of sp³-hybridized carbons (Fsp3) is 0.0909. The number of urea groups is 1. The van der Waals surface area contributed by atoms with Crippen molar-refractivity contribution in [2.24, 2.45) is 22.2 Å². The molecule has 0 spiro atoms. The molecule has 0 fully saturated rings. The number of amides is 2. The SMILES string of the molecule is Cl.NC(=O)NCc1cccc(-c2csc(N=C(N)N)n2)n1. The van der Waals surface area contributed by atoms with Crippen LogP contribution in [-0.2, 0) is 6.54 Å². The molecule has 0 bridgehead atoms. The summed E-state index contributed by atoms with van der Waals surface area (Å²) in [6.07, 6.45) is 0. The van der Waals surface area contributed by atoms with Gasteiger partial charge in [-0.1, -0.05) is 6.07 Å². The summed E-state index contributed by atoms with van der Waals surface area (Å²) in [6.45, 7) is 0.258. The molecule has 0 aromatic carbocycles. The number of nitrogens with one attached hydrogen (secondary N) is 1. The van der Waals surface area contributed by atoms with Gasteiger partial charge in [0.2, 0.25) is 5.13 Å². The van der Waals surface area contributed by atoms with Crippen LogP contribution in [0.25, 0.3) is 11.4 Å². The lowest BCUT2D eigenvalue weighted by atomic mass is 10.2. The average molecular weight is 328 g/mol. The van der Waals surface area contributed by atoms with Gasteiger partial charge in [-0.2, -0.15) is 4.99 Å². The van der Waals surface area contributed by atoms with Crippen LogP contribution in [0.4, 0.5) is 9.93 Å². The molecule has 2 rings (SSSR count). The molecule has 0 atom stereocenters. The molecule has 0 radical (unpaired) electrons. The van der Waals surface area contributed by atoms with Crippen molar-refractivity contribution in [2.45, 2.75) is 6.54 Å². The van der Waals surface area contributed by atoms with Gasteiger partial charge in [-0.05, 0) is 12.1 Å². The third-order valence-corrected chi connectivity index (χ3v) is 2.96. The van der Waals surface area contributed by atoms with Gasteiger partial charge in [-0.3, -0.25) is 0 Å². The topological polar surface area (TPSA) is 145 Å². The molecule has 2 heterocycles. The maximum Gasteiger partial charge on any atom is 0.312 e. The Labute approximate surface area is 130 Å². The molecule has 0 unspecified atom stereocenters. The Morgan fingerprint density at radius 1 is 1.24 bits per heavy atom. The van der Waals surface area contributed by atoms with Crippen molar-refractivity contribution >= 4 is 40.9 Å². The second kappa shape index (κ2) is 7.41. The molecule has 112 valence electrons. The Bertz CT molecular complexity index is 654. The predicted octanol–water partition coefficient (Wildman–Crippen LogP) is 0.700. The molecule has 0 saturated heterocycles. The number of hydrogen-bond acceptors (Lipinski definition) is 5. The zero-order valence-corrected chi connectivity index (χ0v) is 12.4. The minimum absolute atomic E-state index is 0. The molecule has 0 aliphatic rings. The van der Waals surface area contributed by atoms with Crippen molar-refractivity contribution < 1.29 is 4.79 Å². The van der Waals surface area contributed by atoms with E-state index in [1.165, 1.54) is 11.3 Å². The minimum Gasteiger partial charge on any atom is -0.370 e. The van der Waals surface area contributed by atoms with Crippen LogP contribution >= 0.6 is 23.7 Å². The number of carbonyl (C=O) groups excluding carboxylic acids is 1. The number of carbonyl (C=O) groups is 1. The highest BCUT2D eigenvalue weighted by Gasteiger charge is 2.06. The Hall–Kier alpha value is -2.39. The fourth-order valence-electron chi connectivity index (χ4n) is 1.44. The molecule has 0 aliphatic carbocycles. The normalized spacial score (nSPS) is 9.52. The van der Waals surface area contributed by atoms with Crippen molar-refractivity contribution in [3.8, 4) is 11.4 Å². The van der Waals surface area contributed by atoms with Gasteiger partial charge in [0.1, 0.15) is 5.69 Å². The molecule has 2 amide bonds. The zero-order valence-electron chi connectivity index (χ0n) is 10.8. The Morgan fingerprint density at radius 3 is 2.67 bits per heavy atom. The lowest BCUT2D eigenvalue weighted by Gasteiger charge is -2.03. The van der Waals surface area contributed by atoms with Crippen LogP contribution in [0.5, 0.6) is 0 Å². The molecular weight excluding hydrogens is 314 g/mol. The number of guanidine groups is 1. The van der Waals surface area contributed by atoms with Crippen LogP contribution in [0.3, 0.4) is 0 Å². The summed E-state index contributed by atoms with van der Waals surface area (Å²) < 4.78 is 0. The maximum atomic E-state index is 10.7. The van der Waals surface area contributed by atoms with Gasteiger partial charge < -0.3 is 22.5 Å². The molecule has 2 aromatic heterocycles. The number of nitrogens with two attached hydrogens (primary N) is 3. The van der Waals surface area contributed by atoms with E-state index in [1.54, 1.807) is 11.4 Å². The van der Waals surface area contributed by atoms with E-state index >= 15 is 0 Å². The van der Waals surface area contributed by atoms with E-state index in [-0.39, 0.29) is 24.9 Å². The summed E-state index contributed by atoms with van der Waals surface area (Å²) >= 11 is 1.31. The zero-order chi connectivity index (χ0) is 14.5. The van der Waals surface area contributed by atoms with Crippen LogP contribution in [0.15, 0.2) is 28.6 Å². The first-order chi connectivity index (χ1) is 9.54. The van der Waals surface area contributed by atoms with Gasteiger partial charge in [-0.25, -0.2) is 14.8 Å². The largest absolute Gasteiger partial charge is 0.370 e. The fourth-order valence-corrected chi connectivity index (χ4v) is 2.14. The Morgan fingerprint density at radius 2 is 2.00 bits per heavy atom. The number of primary amides is 1. The minimum atomic E-state index is -0.596. The average Bonchev–Trinajstić information content (AvgIpc) is 2.84. The predicted molar refractivity (Wildman–Crippen MR) is 84.5 cm³/mol. The van der Waals surface area contributed by atoms with Gasteiger partial charge in [-0.15, -0.1) is 23.7 Å². The molecule has 7 N–H and O–H groups in total. The first-order valence-corrected chi connectivity index (χ1v) is 6.47. The van der Waals surface area contributed by atoms with Crippen LogP contribution in [0, 0.1) is 0 Å². The second-order valence-corrected chi connectivity index (χ2v) is 4.62. The summed E-state index contributed by atoms with van der Waals surface area (Å²) in [6, 6.07) is 4.81. The highest BCUT2D eigenvalue weighted by atomic mass is 35.5. The summed E-state index contributed by atoms with van der Waals surface area (Å²) in [5.41, 5.74) is 17.6.